The van der Waals surface area contributed by atoms with E-state index in [2.05, 4.69) is 4.98 Å². The third-order valence-corrected chi connectivity index (χ3v) is 6.24. The molecule has 3 heterocycles. The third kappa shape index (κ3) is 5.05. The second-order valence-electron chi connectivity index (χ2n) is 7.05. The minimum atomic E-state index is -0.802. The highest BCUT2D eigenvalue weighted by molar-refractivity contribution is 8.26. The molecule has 4 rings (SSSR count). The summed E-state index contributed by atoms with van der Waals surface area (Å²) in [7, 11) is 0. The molecule has 1 N–H and O–H groups in total. The van der Waals surface area contributed by atoms with Gasteiger partial charge in [-0.15, -0.1) is 0 Å². The molecular weight excluding hydrogens is 436 g/mol. The van der Waals surface area contributed by atoms with Crippen LogP contribution in [0.1, 0.15) is 31.4 Å². The molecule has 0 saturated carbocycles. The van der Waals surface area contributed by atoms with Crippen molar-refractivity contribution in [3.8, 4) is 22.8 Å². The van der Waals surface area contributed by atoms with Gasteiger partial charge in [0, 0.05) is 18.5 Å². The molecule has 0 bridgehead atoms. The van der Waals surface area contributed by atoms with E-state index >= 15 is 0 Å². The zero-order chi connectivity index (χ0) is 21.8. The third-order valence-electron chi connectivity index (χ3n) is 4.86. The van der Waals surface area contributed by atoms with E-state index in [0.717, 1.165) is 17.7 Å². The molecule has 1 amide bonds. The molecule has 160 valence electrons. The molecule has 0 spiro atoms. The van der Waals surface area contributed by atoms with Gasteiger partial charge < -0.3 is 14.6 Å². The van der Waals surface area contributed by atoms with Gasteiger partial charge in [0.05, 0.1) is 16.3 Å². The summed E-state index contributed by atoms with van der Waals surface area (Å²) < 4.78 is 11.3. The van der Waals surface area contributed by atoms with Crippen molar-refractivity contribution < 1.29 is 24.2 Å². The first-order valence-electron chi connectivity index (χ1n) is 9.85. The Morgan fingerprint density at radius 3 is 2.87 bits per heavy atom. The fourth-order valence-electron chi connectivity index (χ4n) is 3.30. The number of pyridine rings is 1. The Morgan fingerprint density at radius 2 is 2.03 bits per heavy atom. The summed E-state index contributed by atoms with van der Waals surface area (Å²) in [6.45, 7) is 0.708. The molecular formula is C22H20N2O5S2. The van der Waals surface area contributed by atoms with Crippen LogP contribution < -0.4 is 9.47 Å². The van der Waals surface area contributed by atoms with E-state index in [1.54, 1.807) is 11.0 Å². The first-order chi connectivity index (χ1) is 15.0. The van der Waals surface area contributed by atoms with Crippen LogP contribution in [0.5, 0.6) is 11.5 Å². The lowest BCUT2D eigenvalue weighted by molar-refractivity contribution is -0.137. The van der Waals surface area contributed by atoms with Crippen LogP contribution >= 0.6 is 24.0 Å². The minimum absolute atomic E-state index is 0.136. The zero-order valence-corrected chi connectivity index (χ0v) is 18.2. The molecule has 31 heavy (non-hydrogen) atoms. The average molecular weight is 457 g/mol. The molecule has 0 atom stereocenters. The first-order valence-corrected chi connectivity index (χ1v) is 11.1. The van der Waals surface area contributed by atoms with Crippen LogP contribution in [-0.4, -0.2) is 44.5 Å². The number of amides is 1. The molecule has 7 nitrogen and oxygen atoms in total. The van der Waals surface area contributed by atoms with Crippen molar-refractivity contribution in [3.05, 3.63) is 47.0 Å². The van der Waals surface area contributed by atoms with Crippen LogP contribution in [-0.2, 0) is 9.59 Å². The fourth-order valence-corrected chi connectivity index (χ4v) is 4.59. The van der Waals surface area contributed by atoms with Gasteiger partial charge in [0.25, 0.3) is 5.91 Å². The number of ether oxygens (including phenoxy) is 2. The van der Waals surface area contributed by atoms with Crippen LogP contribution in [0.3, 0.4) is 0 Å². The Balaban J connectivity index is 1.44. The molecule has 1 aromatic heterocycles. The molecule has 0 radical (unpaired) electrons. The quantitative estimate of drug-likeness (QED) is 0.357. The van der Waals surface area contributed by atoms with Gasteiger partial charge in [-0.1, -0.05) is 36.5 Å². The van der Waals surface area contributed by atoms with Crippen LogP contribution in [0, 0.1) is 0 Å². The van der Waals surface area contributed by atoms with E-state index < -0.39 is 5.97 Å². The average Bonchev–Trinajstić information content (AvgIpc) is 3.32. The lowest BCUT2D eigenvalue weighted by Crippen LogP contribution is -2.29. The Morgan fingerprint density at radius 1 is 1.19 bits per heavy atom. The molecule has 9 heteroatoms. The second kappa shape index (κ2) is 9.49. The number of carboxylic acid groups (broad SMARTS) is 1. The van der Waals surface area contributed by atoms with Gasteiger partial charge in [0.15, 0.2) is 11.5 Å². The summed E-state index contributed by atoms with van der Waals surface area (Å²) in [5, 5.41) is 8.70. The number of thiocarbonyl (C=S) groups is 1. The fraction of sp³-hybridized carbons (Fsp3) is 0.273. The summed E-state index contributed by atoms with van der Waals surface area (Å²) in [5.74, 6) is 0.466. The van der Waals surface area contributed by atoms with Crippen LogP contribution in [0.2, 0.25) is 0 Å². The van der Waals surface area contributed by atoms with E-state index in [4.69, 9.17) is 26.8 Å². The van der Waals surface area contributed by atoms with Crippen molar-refractivity contribution in [1.82, 2.24) is 9.88 Å². The van der Waals surface area contributed by atoms with E-state index in [0.29, 0.717) is 45.8 Å². The number of rotatable bonds is 8. The minimum Gasteiger partial charge on any atom is -0.481 e. The molecule has 2 aromatic rings. The van der Waals surface area contributed by atoms with Crippen molar-refractivity contribution in [2.75, 3.05) is 13.3 Å². The number of hydrogen-bond acceptors (Lipinski definition) is 7. The number of fused-ring (bicyclic) bond motifs is 1. The molecule has 1 saturated heterocycles. The van der Waals surface area contributed by atoms with Gasteiger partial charge in [-0.2, -0.15) is 0 Å². The van der Waals surface area contributed by atoms with E-state index in [9.17, 15) is 9.59 Å². The number of aromatic nitrogens is 1. The number of nitrogens with zero attached hydrogens (tertiary/aromatic N) is 2. The maximum atomic E-state index is 12.8. The Kier molecular flexibility index (Phi) is 6.53. The van der Waals surface area contributed by atoms with Gasteiger partial charge in [-0.3, -0.25) is 14.5 Å². The lowest BCUT2D eigenvalue weighted by atomic mass is 10.1. The number of thioether (sulfide) groups is 1. The summed E-state index contributed by atoms with van der Waals surface area (Å²) in [5.41, 5.74) is 2.33. The van der Waals surface area contributed by atoms with Crippen molar-refractivity contribution in [2.45, 2.75) is 25.7 Å². The van der Waals surface area contributed by atoms with Gasteiger partial charge in [0.1, 0.15) is 4.32 Å². The van der Waals surface area contributed by atoms with Crippen molar-refractivity contribution >= 4 is 46.3 Å². The highest BCUT2D eigenvalue weighted by atomic mass is 32.2. The molecule has 0 aliphatic carbocycles. The number of aliphatic carboxylic acids is 1. The lowest BCUT2D eigenvalue weighted by Gasteiger charge is -2.13. The normalized spacial score (nSPS) is 16.4. The van der Waals surface area contributed by atoms with Crippen molar-refractivity contribution in [2.24, 2.45) is 0 Å². The van der Waals surface area contributed by atoms with Gasteiger partial charge in [-0.05, 0) is 49.2 Å². The molecule has 2 aliphatic heterocycles. The predicted molar refractivity (Wildman–Crippen MR) is 122 cm³/mol. The maximum Gasteiger partial charge on any atom is 0.303 e. The van der Waals surface area contributed by atoms with E-state index in [1.807, 2.05) is 36.4 Å². The van der Waals surface area contributed by atoms with Gasteiger partial charge >= 0.3 is 5.97 Å². The summed E-state index contributed by atoms with van der Waals surface area (Å²) >= 11 is 6.63. The number of carbonyl (C=O) groups excluding carboxylic acids is 1. The standard InChI is InChI=1S/C22H20N2O5S2/c25-20(26)7-2-1-3-10-24-21(27)19(31-22(24)30)12-15-5-4-6-16(23-15)14-8-9-17-18(11-14)29-13-28-17/h4-6,8-9,11-12H,1-3,7,10,13H2,(H,25,26)/b19-12-. The Hall–Kier alpha value is -2.91. The van der Waals surface area contributed by atoms with Gasteiger partial charge in [-0.25, -0.2) is 4.98 Å². The Bertz CT molecular complexity index is 1070. The smallest absolute Gasteiger partial charge is 0.303 e. The number of hydrogen-bond donors (Lipinski definition) is 1. The highest BCUT2D eigenvalue weighted by Gasteiger charge is 2.31. The summed E-state index contributed by atoms with van der Waals surface area (Å²) in [4.78, 5) is 30.1. The predicted octanol–water partition coefficient (Wildman–Crippen LogP) is 4.32. The van der Waals surface area contributed by atoms with Crippen molar-refractivity contribution in [3.63, 3.8) is 0 Å². The van der Waals surface area contributed by atoms with Crippen molar-refractivity contribution in [1.29, 1.82) is 0 Å². The highest BCUT2D eigenvalue weighted by Crippen LogP contribution is 2.36. The number of unbranched alkanes of at least 4 members (excludes halogenated alkanes) is 2. The molecule has 1 fully saturated rings. The van der Waals surface area contributed by atoms with Gasteiger partial charge in [0.2, 0.25) is 6.79 Å². The van der Waals surface area contributed by atoms with E-state index in [-0.39, 0.29) is 19.1 Å². The summed E-state index contributed by atoms with van der Waals surface area (Å²) in [6.07, 6.45) is 3.94. The Labute approximate surface area is 189 Å². The summed E-state index contributed by atoms with van der Waals surface area (Å²) in [6, 6.07) is 11.3. The van der Waals surface area contributed by atoms with Crippen LogP contribution in [0.25, 0.3) is 17.3 Å². The maximum absolute atomic E-state index is 12.8. The number of carbonyl (C=O) groups is 2. The molecule has 2 aliphatic rings. The first kappa shape index (κ1) is 21.3. The largest absolute Gasteiger partial charge is 0.481 e. The monoisotopic (exact) mass is 456 g/mol. The van der Waals surface area contributed by atoms with Crippen LogP contribution in [0.15, 0.2) is 41.3 Å². The number of carboxylic acids is 1. The SMILES string of the molecule is O=C(O)CCCCCN1C(=O)/C(=C/c2cccc(-c3ccc4c(c3)OCO4)n2)SC1=S. The topological polar surface area (TPSA) is 89.0 Å². The van der Waals surface area contributed by atoms with E-state index in [1.165, 1.54) is 11.8 Å². The number of benzene rings is 1. The van der Waals surface area contributed by atoms with Crippen LogP contribution in [0.4, 0.5) is 0 Å². The molecule has 0 unspecified atom stereocenters. The second-order valence-corrected chi connectivity index (χ2v) is 8.73. The molecule has 1 aromatic carbocycles. The zero-order valence-electron chi connectivity index (χ0n) is 16.6.